The van der Waals surface area contributed by atoms with Crippen molar-refractivity contribution in [2.75, 3.05) is 14.1 Å². The largest absolute Gasteiger partial charge is 0.404 e. The van der Waals surface area contributed by atoms with Crippen molar-refractivity contribution in [3.63, 3.8) is 0 Å². The molecule has 1 aliphatic carbocycles. The van der Waals surface area contributed by atoms with Gasteiger partial charge in [-0.25, -0.2) is 9.37 Å². The van der Waals surface area contributed by atoms with Crippen LogP contribution in [-0.2, 0) is 5.54 Å². The van der Waals surface area contributed by atoms with Gasteiger partial charge in [-0.2, -0.15) is 0 Å². The summed E-state index contributed by atoms with van der Waals surface area (Å²) >= 11 is 12.3. The number of hydrogen-bond donors (Lipinski definition) is 1. The van der Waals surface area contributed by atoms with Crippen LogP contribution < -0.4 is 5.73 Å². The van der Waals surface area contributed by atoms with Gasteiger partial charge < -0.3 is 10.6 Å². The molecule has 2 aromatic carbocycles. The van der Waals surface area contributed by atoms with Gasteiger partial charge in [0.1, 0.15) is 11.5 Å². The number of aromatic nitrogens is 2. The lowest BCUT2D eigenvalue weighted by Crippen LogP contribution is -2.37. The molecule has 2 heterocycles. The van der Waals surface area contributed by atoms with Gasteiger partial charge in [0.05, 0.1) is 33.0 Å². The fourth-order valence-corrected chi connectivity index (χ4v) is 4.96. The van der Waals surface area contributed by atoms with E-state index in [9.17, 15) is 4.79 Å². The highest BCUT2D eigenvalue weighted by Gasteiger charge is 2.50. The number of fused-ring (bicyclic) bond motifs is 1. The lowest BCUT2D eigenvalue weighted by Gasteiger charge is -2.29. The molecule has 6 nitrogen and oxygen atoms in total. The number of amides is 1. The van der Waals surface area contributed by atoms with E-state index in [0.717, 1.165) is 29.5 Å². The fraction of sp³-hybridized carbons (Fsp3) is 0.179. The molecular weight excluding hydrogens is 512 g/mol. The number of nitrogens with two attached hydrogens (primary N) is 1. The van der Waals surface area contributed by atoms with Gasteiger partial charge in [0.2, 0.25) is 0 Å². The minimum atomic E-state index is -0.606. The first-order valence-corrected chi connectivity index (χ1v) is 12.4. The van der Waals surface area contributed by atoms with Crippen LogP contribution in [0.1, 0.15) is 34.3 Å². The molecule has 2 N–H and O–H groups in total. The molecule has 4 aromatic rings. The number of carbonyl (C=O) groups excluding carboxylic acids is 1. The van der Waals surface area contributed by atoms with E-state index in [1.807, 2.05) is 28.8 Å². The van der Waals surface area contributed by atoms with Gasteiger partial charge in [-0.1, -0.05) is 35.3 Å². The fourth-order valence-electron chi connectivity index (χ4n) is 4.66. The molecule has 0 atom stereocenters. The van der Waals surface area contributed by atoms with Gasteiger partial charge in [0.25, 0.3) is 5.91 Å². The molecule has 1 fully saturated rings. The van der Waals surface area contributed by atoms with E-state index in [0.29, 0.717) is 26.9 Å². The molecule has 0 unspecified atom stereocenters. The Morgan fingerprint density at radius 2 is 1.95 bits per heavy atom. The Kier molecular flexibility index (Phi) is 6.52. The number of rotatable bonds is 6. The van der Waals surface area contributed by atoms with Crippen molar-refractivity contribution in [2.45, 2.75) is 18.4 Å². The molecule has 37 heavy (non-hydrogen) atoms. The summed E-state index contributed by atoms with van der Waals surface area (Å²) in [6.45, 7) is 0. The zero-order valence-corrected chi connectivity index (χ0v) is 21.8. The van der Waals surface area contributed by atoms with Crippen LogP contribution in [0.5, 0.6) is 0 Å². The number of benzene rings is 2. The summed E-state index contributed by atoms with van der Waals surface area (Å²) in [5.41, 5.74) is 9.67. The molecule has 0 bridgehead atoms. The lowest BCUT2D eigenvalue weighted by atomic mass is 10.0. The van der Waals surface area contributed by atoms with Crippen molar-refractivity contribution >= 4 is 46.5 Å². The first-order chi connectivity index (χ1) is 17.8. The SMILES string of the molecule is CN=CC(=CN)c1ccc2ncc(-c3ccc(C(=O)N(C)C4(c5ccc(Cl)c(Cl)c5)CC4)c(F)c3)n2c1. The monoisotopic (exact) mass is 535 g/mol. The Morgan fingerprint density at radius 3 is 2.59 bits per heavy atom. The molecule has 0 aliphatic heterocycles. The van der Waals surface area contributed by atoms with E-state index in [2.05, 4.69) is 9.98 Å². The van der Waals surface area contributed by atoms with Crippen LogP contribution in [0.3, 0.4) is 0 Å². The number of allylic oxidation sites excluding steroid dienone is 1. The maximum Gasteiger partial charge on any atom is 0.257 e. The van der Waals surface area contributed by atoms with Crippen LogP contribution in [0.2, 0.25) is 10.0 Å². The smallest absolute Gasteiger partial charge is 0.257 e. The molecule has 2 aromatic heterocycles. The van der Waals surface area contributed by atoms with Crippen molar-refractivity contribution < 1.29 is 9.18 Å². The van der Waals surface area contributed by atoms with Gasteiger partial charge in [0.15, 0.2) is 0 Å². The number of imidazole rings is 1. The van der Waals surface area contributed by atoms with Crippen LogP contribution in [0.4, 0.5) is 4.39 Å². The third-order valence-electron chi connectivity index (χ3n) is 6.91. The summed E-state index contributed by atoms with van der Waals surface area (Å²) in [5, 5.41) is 0.874. The van der Waals surface area contributed by atoms with Crippen molar-refractivity contribution in [3.05, 3.63) is 99.7 Å². The Hall–Kier alpha value is -3.68. The molecule has 9 heteroatoms. The lowest BCUT2D eigenvalue weighted by molar-refractivity contribution is 0.0700. The van der Waals surface area contributed by atoms with Crippen LogP contribution in [0.15, 0.2) is 72.1 Å². The summed E-state index contributed by atoms with van der Waals surface area (Å²) in [7, 11) is 3.36. The number of pyridine rings is 1. The van der Waals surface area contributed by atoms with Gasteiger partial charge in [-0.05, 0) is 54.8 Å². The summed E-state index contributed by atoms with van der Waals surface area (Å²) in [6, 6.07) is 13.7. The van der Waals surface area contributed by atoms with Gasteiger partial charge >= 0.3 is 0 Å². The molecule has 188 valence electrons. The second-order valence-corrected chi connectivity index (χ2v) is 9.83. The third-order valence-corrected chi connectivity index (χ3v) is 7.65. The zero-order valence-electron chi connectivity index (χ0n) is 20.3. The highest BCUT2D eigenvalue weighted by atomic mass is 35.5. The predicted octanol–water partition coefficient (Wildman–Crippen LogP) is 6.21. The summed E-state index contributed by atoms with van der Waals surface area (Å²) in [5.74, 6) is -1.00. The first kappa shape index (κ1) is 25.0. The van der Waals surface area contributed by atoms with E-state index in [4.69, 9.17) is 28.9 Å². The minimum Gasteiger partial charge on any atom is -0.404 e. The standard InChI is InChI=1S/C28H24Cl2FN5O/c1-33-14-19(13-32)18-4-8-26-34-15-25(36(26)16-18)17-3-6-21(24(31)11-17)27(37)35(2)28(9-10-28)20-5-7-22(29)23(30)12-20/h3-8,11-16H,9-10,32H2,1-2H3. The van der Waals surface area contributed by atoms with Crippen LogP contribution >= 0.6 is 23.2 Å². The third kappa shape index (κ3) is 4.38. The van der Waals surface area contributed by atoms with E-state index < -0.39 is 17.3 Å². The topological polar surface area (TPSA) is 76.0 Å². The van der Waals surface area contributed by atoms with E-state index >= 15 is 4.39 Å². The molecular formula is C28H24Cl2FN5O. The van der Waals surface area contributed by atoms with Crippen LogP contribution in [0.25, 0.3) is 22.5 Å². The minimum absolute atomic E-state index is 0.000367. The molecule has 0 radical (unpaired) electrons. The summed E-state index contributed by atoms with van der Waals surface area (Å²) in [4.78, 5) is 23.4. The molecule has 1 amide bonds. The zero-order chi connectivity index (χ0) is 26.3. The average molecular weight is 536 g/mol. The Bertz CT molecular complexity index is 1590. The van der Waals surface area contributed by atoms with Crippen molar-refractivity contribution in [2.24, 2.45) is 10.7 Å². The highest BCUT2D eigenvalue weighted by Crippen LogP contribution is 2.51. The van der Waals surface area contributed by atoms with Crippen LogP contribution in [-0.4, -0.2) is 40.5 Å². The summed E-state index contributed by atoms with van der Waals surface area (Å²) < 4.78 is 17.2. The van der Waals surface area contributed by atoms with Crippen molar-refractivity contribution in [3.8, 4) is 11.3 Å². The van der Waals surface area contributed by atoms with E-state index in [-0.39, 0.29) is 5.56 Å². The Labute approximate surface area is 223 Å². The maximum atomic E-state index is 15.4. The maximum absolute atomic E-state index is 15.4. The average Bonchev–Trinajstić information content (AvgIpc) is 3.60. The number of hydrogen-bond acceptors (Lipinski definition) is 4. The molecule has 5 rings (SSSR count). The number of aliphatic imine (C=N–C) groups is 1. The molecule has 1 aliphatic rings. The summed E-state index contributed by atoms with van der Waals surface area (Å²) in [6.07, 6.45) is 8.21. The number of halogens is 3. The Balaban J connectivity index is 1.46. The highest BCUT2D eigenvalue weighted by molar-refractivity contribution is 6.42. The van der Waals surface area contributed by atoms with E-state index in [1.54, 1.807) is 49.6 Å². The first-order valence-electron chi connectivity index (χ1n) is 11.6. The molecule has 1 saturated carbocycles. The van der Waals surface area contributed by atoms with Gasteiger partial charge in [-0.15, -0.1) is 0 Å². The second-order valence-electron chi connectivity index (χ2n) is 9.02. The quantitative estimate of drug-likeness (QED) is 0.298. The van der Waals surface area contributed by atoms with Gasteiger partial charge in [-0.3, -0.25) is 14.2 Å². The van der Waals surface area contributed by atoms with Crippen molar-refractivity contribution in [1.29, 1.82) is 0 Å². The van der Waals surface area contributed by atoms with Gasteiger partial charge in [0, 0.05) is 49.4 Å². The molecule has 0 saturated heterocycles. The second kappa shape index (κ2) is 9.65. The van der Waals surface area contributed by atoms with Crippen LogP contribution in [0, 0.1) is 5.82 Å². The Morgan fingerprint density at radius 1 is 1.16 bits per heavy atom. The van der Waals surface area contributed by atoms with Crippen molar-refractivity contribution in [1.82, 2.24) is 14.3 Å². The van der Waals surface area contributed by atoms with E-state index in [1.165, 1.54) is 18.3 Å². The normalized spacial score (nSPS) is 14.9. The number of carbonyl (C=O) groups is 1. The number of nitrogens with zero attached hydrogens (tertiary/aromatic N) is 4. The molecule has 0 spiro atoms. The predicted molar refractivity (Wildman–Crippen MR) is 147 cm³/mol.